The van der Waals surface area contributed by atoms with Gasteiger partial charge in [-0.1, -0.05) is 41.9 Å². The number of amides is 1. The minimum Gasteiger partial charge on any atom is -0.454 e. The molecule has 0 saturated heterocycles. The van der Waals surface area contributed by atoms with E-state index in [1.807, 2.05) is 35.7 Å². The molecule has 0 atom stereocenters. The van der Waals surface area contributed by atoms with Gasteiger partial charge in [0.1, 0.15) is 5.82 Å². The second kappa shape index (κ2) is 9.48. The molecule has 33 heavy (non-hydrogen) atoms. The molecular formula is C24H19ClN4O3S. The van der Waals surface area contributed by atoms with Gasteiger partial charge in [0.2, 0.25) is 12.7 Å². The monoisotopic (exact) mass is 478 g/mol. The van der Waals surface area contributed by atoms with E-state index in [-0.39, 0.29) is 19.1 Å². The van der Waals surface area contributed by atoms with Gasteiger partial charge < -0.3 is 20.1 Å². The molecule has 0 fully saturated rings. The van der Waals surface area contributed by atoms with Gasteiger partial charge in [-0.2, -0.15) is 0 Å². The van der Waals surface area contributed by atoms with Crippen molar-refractivity contribution in [1.82, 2.24) is 9.97 Å². The third-order valence-corrected chi connectivity index (χ3v) is 6.12. The Kier molecular flexibility index (Phi) is 6.10. The summed E-state index contributed by atoms with van der Waals surface area (Å²) >= 11 is 7.64. The van der Waals surface area contributed by atoms with E-state index < -0.39 is 0 Å². The Morgan fingerprint density at radius 1 is 1.09 bits per heavy atom. The highest BCUT2D eigenvalue weighted by atomic mass is 35.5. The van der Waals surface area contributed by atoms with Crippen molar-refractivity contribution in [3.63, 3.8) is 0 Å². The smallest absolute Gasteiger partial charge is 0.231 e. The number of pyridine rings is 1. The van der Waals surface area contributed by atoms with E-state index in [1.54, 1.807) is 18.3 Å². The summed E-state index contributed by atoms with van der Waals surface area (Å²) in [6.07, 6.45) is 1.84. The molecule has 4 aromatic rings. The number of hydrogen-bond donors (Lipinski definition) is 2. The number of carbonyl (C=O) groups excluding carboxylic acids is 1. The predicted octanol–water partition coefficient (Wildman–Crippen LogP) is 5.38. The van der Waals surface area contributed by atoms with Gasteiger partial charge in [-0.15, -0.1) is 11.3 Å². The molecular weight excluding hydrogens is 460 g/mol. The molecule has 1 aliphatic rings. The number of nitrogens with zero attached hydrogens (tertiary/aromatic N) is 2. The number of halogens is 1. The topological polar surface area (TPSA) is 85.4 Å². The molecule has 2 aromatic carbocycles. The van der Waals surface area contributed by atoms with E-state index >= 15 is 0 Å². The molecule has 5 rings (SSSR count). The maximum absolute atomic E-state index is 12.6. The van der Waals surface area contributed by atoms with Crippen LogP contribution in [0.25, 0.3) is 11.3 Å². The van der Waals surface area contributed by atoms with Gasteiger partial charge in [-0.25, -0.2) is 9.97 Å². The van der Waals surface area contributed by atoms with Crippen LogP contribution in [0.4, 0.5) is 10.9 Å². The summed E-state index contributed by atoms with van der Waals surface area (Å²) < 4.78 is 10.7. The van der Waals surface area contributed by atoms with Crippen molar-refractivity contribution in [3.05, 3.63) is 82.3 Å². The normalized spacial score (nSPS) is 11.9. The molecule has 0 radical (unpaired) electrons. The number of benzene rings is 2. The first-order valence-corrected chi connectivity index (χ1v) is 11.5. The Morgan fingerprint density at radius 2 is 1.91 bits per heavy atom. The number of rotatable bonds is 7. The molecule has 0 bridgehead atoms. The minimum atomic E-state index is -0.211. The number of nitrogens with one attached hydrogen (secondary N) is 2. The van der Waals surface area contributed by atoms with E-state index in [2.05, 4.69) is 32.7 Å². The lowest BCUT2D eigenvalue weighted by atomic mass is 10.1. The number of anilines is 2. The van der Waals surface area contributed by atoms with Crippen LogP contribution in [-0.4, -0.2) is 22.7 Å². The van der Waals surface area contributed by atoms with Gasteiger partial charge in [-0.05, 0) is 29.3 Å². The molecule has 0 aliphatic carbocycles. The summed E-state index contributed by atoms with van der Waals surface area (Å²) in [7, 11) is 0. The van der Waals surface area contributed by atoms with Crippen molar-refractivity contribution in [2.24, 2.45) is 0 Å². The average Bonchev–Trinajstić information content (AvgIpc) is 3.48. The van der Waals surface area contributed by atoms with Crippen LogP contribution in [0.3, 0.4) is 0 Å². The predicted molar refractivity (Wildman–Crippen MR) is 129 cm³/mol. The molecule has 0 saturated carbocycles. The Morgan fingerprint density at radius 3 is 2.76 bits per heavy atom. The number of fused-ring (bicyclic) bond motifs is 1. The largest absolute Gasteiger partial charge is 0.454 e. The quantitative estimate of drug-likeness (QED) is 0.371. The molecule has 2 N–H and O–H groups in total. The van der Waals surface area contributed by atoms with E-state index in [9.17, 15) is 4.79 Å². The number of ether oxygens (including phenoxy) is 2. The number of hydrogen-bond acceptors (Lipinski definition) is 7. The van der Waals surface area contributed by atoms with E-state index in [4.69, 9.17) is 21.1 Å². The average molecular weight is 479 g/mol. The van der Waals surface area contributed by atoms with Crippen LogP contribution in [-0.2, 0) is 17.8 Å². The molecule has 0 unspecified atom stereocenters. The van der Waals surface area contributed by atoms with Gasteiger partial charge in [0, 0.05) is 34.8 Å². The zero-order valence-electron chi connectivity index (χ0n) is 17.4. The van der Waals surface area contributed by atoms with Gasteiger partial charge in [0.05, 0.1) is 12.1 Å². The van der Waals surface area contributed by atoms with E-state index in [1.165, 1.54) is 16.9 Å². The molecule has 9 heteroatoms. The SMILES string of the molecule is O=C(Cc1cc2c(cc1Cl)OCO2)Nc1nc(-c2ccnc(NCc3ccccc3)c2)cs1. The summed E-state index contributed by atoms with van der Waals surface area (Å²) in [5.41, 5.74) is 3.52. The van der Waals surface area contributed by atoms with Crippen molar-refractivity contribution < 1.29 is 14.3 Å². The zero-order valence-corrected chi connectivity index (χ0v) is 18.9. The van der Waals surface area contributed by atoms with Gasteiger partial charge in [-0.3, -0.25) is 4.79 Å². The van der Waals surface area contributed by atoms with Crippen LogP contribution < -0.4 is 20.1 Å². The Hall–Kier alpha value is -3.62. The van der Waals surface area contributed by atoms with Crippen LogP contribution in [0, 0.1) is 0 Å². The number of carbonyl (C=O) groups is 1. The second-order valence-electron chi connectivity index (χ2n) is 7.33. The summed E-state index contributed by atoms with van der Waals surface area (Å²) in [5.74, 6) is 1.72. The third-order valence-electron chi connectivity index (χ3n) is 5.02. The molecule has 166 valence electrons. The second-order valence-corrected chi connectivity index (χ2v) is 8.59. The fourth-order valence-electron chi connectivity index (χ4n) is 3.37. The van der Waals surface area contributed by atoms with Crippen molar-refractivity contribution in [3.8, 4) is 22.8 Å². The summed E-state index contributed by atoms with van der Waals surface area (Å²) in [6, 6.07) is 17.4. The first-order chi connectivity index (χ1) is 16.1. The standard InChI is InChI=1S/C24H19ClN4O3S/c25-18-11-21-20(31-14-32-21)8-17(18)10-23(30)29-24-28-19(13-33-24)16-6-7-26-22(9-16)27-12-15-4-2-1-3-5-15/h1-9,11,13H,10,12,14H2,(H,26,27)(H,28,29,30). The third kappa shape index (κ3) is 5.08. The van der Waals surface area contributed by atoms with Gasteiger partial charge in [0.15, 0.2) is 16.6 Å². The zero-order chi connectivity index (χ0) is 22.6. The lowest BCUT2D eigenvalue weighted by molar-refractivity contribution is -0.115. The van der Waals surface area contributed by atoms with Crippen molar-refractivity contribution in [2.75, 3.05) is 17.4 Å². The highest BCUT2D eigenvalue weighted by Gasteiger charge is 2.18. The van der Waals surface area contributed by atoms with Crippen LogP contribution >= 0.6 is 22.9 Å². The minimum absolute atomic E-state index is 0.104. The van der Waals surface area contributed by atoms with Crippen molar-refractivity contribution >= 4 is 39.8 Å². The lowest BCUT2D eigenvalue weighted by Gasteiger charge is -2.07. The molecule has 1 aliphatic heterocycles. The molecule has 7 nitrogen and oxygen atoms in total. The van der Waals surface area contributed by atoms with Crippen LogP contribution in [0.15, 0.2) is 66.2 Å². The lowest BCUT2D eigenvalue weighted by Crippen LogP contribution is -2.14. The first kappa shape index (κ1) is 21.2. The summed E-state index contributed by atoms with van der Waals surface area (Å²) in [6.45, 7) is 0.833. The molecule has 3 heterocycles. The van der Waals surface area contributed by atoms with E-state index in [0.29, 0.717) is 33.8 Å². The summed E-state index contributed by atoms with van der Waals surface area (Å²) in [4.78, 5) is 21.5. The number of aromatic nitrogens is 2. The maximum Gasteiger partial charge on any atom is 0.231 e. The van der Waals surface area contributed by atoms with Crippen molar-refractivity contribution in [2.45, 2.75) is 13.0 Å². The first-order valence-electron chi connectivity index (χ1n) is 10.2. The van der Waals surface area contributed by atoms with Crippen LogP contribution in [0.5, 0.6) is 11.5 Å². The maximum atomic E-state index is 12.6. The Balaban J connectivity index is 1.23. The fraction of sp³-hybridized carbons (Fsp3) is 0.125. The van der Waals surface area contributed by atoms with Crippen molar-refractivity contribution in [1.29, 1.82) is 0 Å². The van der Waals surface area contributed by atoms with Crippen LogP contribution in [0.1, 0.15) is 11.1 Å². The summed E-state index contributed by atoms with van der Waals surface area (Å²) in [5, 5.41) is 9.05. The van der Waals surface area contributed by atoms with Gasteiger partial charge >= 0.3 is 0 Å². The Bertz CT molecular complexity index is 1300. The highest BCUT2D eigenvalue weighted by Crippen LogP contribution is 2.37. The molecule has 1 amide bonds. The van der Waals surface area contributed by atoms with Gasteiger partial charge in [0.25, 0.3) is 0 Å². The number of thiazole rings is 1. The Labute approximate surface area is 199 Å². The fourth-order valence-corrected chi connectivity index (χ4v) is 4.33. The molecule has 2 aromatic heterocycles. The van der Waals surface area contributed by atoms with Crippen LogP contribution in [0.2, 0.25) is 5.02 Å². The molecule has 0 spiro atoms. The highest BCUT2D eigenvalue weighted by molar-refractivity contribution is 7.14. The van der Waals surface area contributed by atoms with E-state index in [0.717, 1.165) is 17.1 Å².